The Morgan fingerprint density at radius 2 is 1.66 bits per heavy atom. The van der Waals surface area contributed by atoms with Crippen molar-refractivity contribution in [3.8, 4) is 0 Å². The lowest BCUT2D eigenvalue weighted by atomic mass is 9.84. The highest BCUT2D eigenvalue weighted by Crippen LogP contribution is 2.32. The van der Waals surface area contributed by atoms with Gasteiger partial charge in [-0.15, -0.1) is 5.10 Å². The fourth-order valence-corrected chi connectivity index (χ4v) is 5.26. The average molecular weight is 577 g/mol. The number of aromatic nitrogens is 4. The summed E-state index contributed by atoms with van der Waals surface area (Å²) in [6, 6.07) is 11.0. The molecule has 10 nitrogen and oxygen atoms in total. The van der Waals surface area contributed by atoms with E-state index in [0.29, 0.717) is 34.9 Å². The smallest absolute Gasteiger partial charge is 0.276 e. The van der Waals surface area contributed by atoms with Gasteiger partial charge in [-0.25, -0.2) is 13.9 Å². The van der Waals surface area contributed by atoms with Crippen molar-refractivity contribution in [2.24, 2.45) is 5.92 Å². The van der Waals surface area contributed by atoms with Crippen LogP contribution in [0.1, 0.15) is 55.4 Å². The number of fused-ring (bicyclic) bond motifs is 1. The van der Waals surface area contributed by atoms with Gasteiger partial charge in [0.2, 0.25) is 5.91 Å². The largest absolute Gasteiger partial charge is 0.379 e. The minimum Gasteiger partial charge on any atom is -0.379 e. The van der Waals surface area contributed by atoms with Crippen LogP contribution in [0.2, 0.25) is 5.02 Å². The normalized spacial score (nSPS) is 18.6. The van der Waals surface area contributed by atoms with Crippen molar-refractivity contribution in [2.45, 2.75) is 57.0 Å². The Kier molecular flexibility index (Phi) is 7.69. The number of carbonyl (C=O) groups is 2. The minimum absolute atomic E-state index is 0.00389. The monoisotopic (exact) mass is 576 g/mol. The number of carbonyl (C=O) groups excluding carboxylic acids is 2. The molecule has 0 bridgehead atoms. The van der Waals surface area contributed by atoms with E-state index in [1.807, 2.05) is 6.07 Å². The molecule has 4 aromatic rings. The van der Waals surface area contributed by atoms with E-state index in [-0.39, 0.29) is 23.3 Å². The third-order valence-corrected chi connectivity index (χ3v) is 7.71. The number of halogens is 2. The van der Waals surface area contributed by atoms with Crippen LogP contribution in [-0.4, -0.2) is 43.5 Å². The highest BCUT2D eigenvalue weighted by Gasteiger charge is 2.27. The van der Waals surface area contributed by atoms with Crippen LogP contribution < -0.4 is 21.3 Å². The summed E-state index contributed by atoms with van der Waals surface area (Å²) in [5.41, 5.74) is 2.27. The number of hydrogen-bond acceptors (Lipinski definition) is 7. The molecule has 0 unspecified atom stereocenters. The molecule has 3 heterocycles. The summed E-state index contributed by atoms with van der Waals surface area (Å²) in [5, 5.41) is 17.9. The molecule has 3 aromatic heterocycles. The van der Waals surface area contributed by atoms with Crippen LogP contribution in [0.25, 0.3) is 5.65 Å². The first-order valence-electron chi connectivity index (χ1n) is 13.8. The molecule has 0 saturated heterocycles. The van der Waals surface area contributed by atoms with E-state index in [1.54, 1.807) is 24.3 Å². The third kappa shape index (κ3) is 6.57. The topological polar surface area (TPSA) is 125 Å². The molecule has 6 rings (SSSR count). The molecule has 0 spiro atoms. The van der Waals surface area contributed by atoms with E-state index in [0.717, 1.165) is 56.1 Å². The summed E-state index contributed by atoms with van der Waals surface area (Å²) < 4.78 is 15.6. The molecule has 0 atom stereocenters. The van der Waals surface area contributed by atoms with Gasteiger partial charge < -0.3 is 21.3 Å². The lowest BCUT2D eigenvalue weighted by molar-refractivity contribution is -0.117. The van der Waals surface area contributed by atoms with Gasteiger partial charge in [-0.2, -0.15) is 0 Å². The maximum Gasteiger partial charge on any atom is 0.276 e. The number of hydrogen-bond donors (Lipinski definition) is 4. The SMILES string of the molecule is O=C(CC1CCC(Nc2cc(NC3CC3)c3ncc(C(=O)Nc4ccncc4F)n3n2)CC1)Nc1ccc(Cl)cc1. The minimum atomic E-state index is -0.626. The summed E-state index contributed by atoms with van der Waals surface area (Å²) in [6.45, 7) is 0. The second-order valence-corrected chi connectivity index (χ2v) is 11.1. The van der Waals surface area contributed by atoms with Crippen molar-refractivity contribution in [3.05, 3.63) is 71.5 Å². The van der Waals surface area contributed by atoms with Crippen LogP contribution in [-0.2, 0) is 4.79 Å². The van der Waals surface area contributed by atoms with E-state index >= 15 is 0 Å². The van der Waals surface area contributed by atoms with E-state index in [1.165, 1.54) is 23.0 Å². The quantitative estimate of drug-likeness (QED) is 0.200. The van der Waals surface area contributed by atoms with Crippen molar-refractivity contribution in [3.63, 3.8) is 0 Å². The average Bonchev–Trinajstić information content (AvgIpc) is 3.67. The lowest BCUT2D eigenvalue weighted by Gasteiger charge is -2.29. The van der Waals surface area contributed by atoms with Crippen LogP contribution in [0.15, 0.2) is 55.0 Å². The van der Waals surface area contributed by atoms with Crippen molar-refractivity contribution >= 4 is 51.9 Å². The van der Waals surface area contributed by atoms with E-state index < -0.39 is 11.7 Å². The Bertz CT molecular complexity index is 1570. The first kappa shape index (κ1) is 26.9. The zero-order valence-electron chi connectivity index (χ0n) is 22.2. The Labute approximate surface area is 241 Å². The van der Waals surface area contributed by atoms with Crippen LogP contribution in [0.5, 0.6) is 0 Å². The number of imidazole rings is 1. The van der Waals surface area contributed by atoms with Gasteiger partial charge in [-0.3, -0.25) is 14.6 Å². The molecule has 12 heteroatoms. The van der Waals surface area contributed by atoms with E-state index in [4.69, 9.17) is 11.6 Å². The van der Waals surface area contributed by atoms with Gasteiger partial charge in [-0.05, 0) is 74.8 Å². The highest BCUT2D eigenvalue weighted by molar-refractivity contribution is 6.30. The molecule has 2 saturated carbocycles. The second-order valence-electron chi connectivity index (χ2n) is 10.7. The van der Waals surface area contributed by atoms with Crippen LogP contribution in [0.3, 0.4) is 0 Å². The molecule has 212 valence electrons. The second kappa shape index (κ2) is 11.7. The highest BCUT2D eigenvalue weighted by atomic mass is 35.5. The molecule has 2 aliphatic carbocycles. The number of nitrogens with zero attached hydrogens (tertiary/aromatic N) is 4. The van der Waals surface area contributed by atoms with Crippen LogP contribution in [0, 0.1) is 11.7 Å². The summed E-state index contributed by atoms with van der Waals surface area (Å²) in [5.74, 6) is -0.225. The zero-order chi connectivity index (χ0) is 28.3. The van der Waals surface area contributed by atoms with Gasteiger partial charge in [0, 0.05) is 41.5 Å². The molecule has 2 aliphatic rings. The molecule has 0 radical (unpaired) electrons. The Morgan fingerprint density at radius 1 is 0.927 bits per heavy atom. The number of benzene rings is 1. The number of rotatable bonds is 9. The molecule has 4 N–H and O–H groups in total. The molecule has 0 aliphatic heterocycles. The van der Waals surface area contributed by atoms with Gasteiger partial charge >= 0.3 is 0 Å². The standard InChI is InChI=1S/C29H30ClFN8O2/c30-18-3-7-21(8-4-18)36-27(40)13-17-1-5-20(6-2-17)35-26-14-24(34-19-9-10-19)28-33-16-25(39(28)38-26)29(41)37-23-11-12-32-15-22(23)31/h3-4,7-8,11-12,14-17,19-20,34H,1-2,5-6,9-10,13H2,(H,35,38)(H,36,40)(H,32,37,41). The fourth-order valence-electron chi connectivity index (χ4n) is 5.14. The molecular weight excluding hydrogens is 547 g/mol. The first-order chi connectivity index (χ1) is 19.9. The Morgan fingerprint density at radius 3 is 2.39 bits per heavy atom. The van der Waals surface area contributed by atoms with Gasteiger partial charge in [0.15, 0.2) is 17.2 Å². The first-order valence-corrected chi connectivity index (χ1v) is 14.2. The van der Waals surface area contributed by atoms with Crippen molar-refractivity contribution < 1.29 is 14.0 Å². The molecule has 2 amide bonds. The maximum absolute atomic E-state index is 14.1. The van der Waals surface area contributed by atoms with Gasteiger partial charge in [-0.1, -0.05) is 11.6 Å². The summed E-state index contributed by atoms with van der Waals surface area (Å²) in [4.78, 5) is 33.8. The summed E-state index contributed by atoms with van der Waals surface area (Å²) >= 11 is 5.93. The third-order valence-electron chi connectivity index (χ3n) is 7.46. The van der Waals surface area contributed by atoms with Crippen molar-refractivity contribution in [1.82, 2.24) is 19.6 Å². The lowest BCUT2D eigenvalue weighted by Crippen LogP contribution is -2.29. The Balaban J connectivity index is 1.12. The number of anilines is 4. The summed E-state index contributed by atoms with van der Waals surface area (Å²) in [7, 11) is 0. The van der Waals surface area contributed by atoms with Crippen LogP contribution in [0.4, 0.5) is 27.3 Å². The zero-order valence-corrected chi connectivity index (χ0v) is 23.0. The Hall–Kier alpha value is -4.25. The molecule has 1 aromatic carbocycles. The van der Waals surface area contributed by atoms with Gasteiger partial charge in [0.05, 0.1) is 23.8 Å². The predicted octanol–water partition coefficient (Wildman–Crippen LogP) is 5.74. The molecule has 2 fully saturated rings. The van der Waals surface area contributed by atoms with Gasteiger partial charge in [0.25, 0.3) is 5.91 Å². The fraction of sp³-hybridized carbons (Fsp3) is 0.345. The predicted molar refractivity (Wildman–Crippen MR) is 156 cm³/mol. The maximum atomic E-state index is 14.1. The van der Waals surface area contributed by atoms with E-state index in [9.17, 15) is 14.0 Å². The number of nitrogens with one attached hydrogen (secondary N) is 4. The van der Waals surface area contributed by atoms with Crippen LogP contribution >= 0.6 is 11.6 Å². The van der Waals surface area contributed by atoms with Gasteiger partial charge in [0.1, 0.15) is 5.82 Å². The van der Waals surface area contributed by atoms with Crippen molar-refractivity contribution in [1.29, 1.82) is 0 Å². The number of amides is 2. The number of pyridine rings is 1. The molecule has 41 heavy (non-hydrogen) atoms. The molecular formula is C29H30ClFN8O2. The van der Waals surface area contributed by atoms with Crippen molar-refractivity contribution in [2.75, 3.05) is 21.3 Å². The van der Waals surface area contributed by atoms with E-state index in [2.05, 4.69) is 36.3 Å². The summed E-state index contributed by atoms with van der Waals surface area (Å²) in [6.07, 6.45) is 10.1.